The highest BCUT2D eigenvalue weighted by molar-refractivity contribution is 7.91. The third kappa shape index (κ3) is 3.30. The van der Waals surface area contributed by atoms with E-state index in [2.05, 4.69) is 17.2 Å². The van der Waals surface area contributed by atoms with Crippen LogP contribution in [0.4, 0.5) is 0 Å². The SMILES string of the molecule is Cc1nc(C)c(C(C)NCC2CCS(=O)(=O)C2)s1. The summed E-state index contributed by atoms with van der Waals surface area (Å²) in [5.41, 5.74) is 1.08. The second-order valence-corrected chi connectivity index (χ2v) is 8.55. The minimum absolute atomic E-state index is 0.250. The van der Waals surface area contributed by atoms with Crippen molar-refractivity contribution in [1.82, 2.24) is 10.3 Å². The van der Waals surface area contributed by atoms with E-state index in [-0.39, 0.29) is 12.0 Å². The van der Waals surface area contributed by atoms with Crippen molar-refractivity contribution in [2.24, 2.45) is 5.92 Å². The van der Waals surface area contributed by atoms with Crippen molar-refractivity contribution in [2.75, 3.05) is 18.1 Å². The first-order valence-electron chi connectivity index (χ1n) is 6.25. The number of aromatic nitrogens is 1. The lowest BCUT2D eigenvalue weighted by molar-refractivity contribution is 0.478. The third-order valence-electron chi connectivity index (χ3n) is 3.37. The predicted octanol–water partition coefficient (Wildman–Crippen LogP) is 1.85. The van der Waals surface area contributed by atoms with Crippen LogP contribution in [-0.2, 0) is 9.84 Å². The van der Waals surface area contributed by atoms with Gasteiger partial charge in [-0.25, -0.2) is 13.4 Å². The summed E-state index contributed by atoms with van der Waals surface area (Å²) in [6.45, 7) is 6.93. The predicted molar refractivity (Wildman–Crippen MR) is 74.8 cm³/mol. The minimum atomic E-state index is -2.76. The summed E-state index contributed by atoms with van der Waals surface area (Å²) in [4.78, 5) is 5.68. The quantitative estimate of drug-likeness (QED) is 0.918. The molecular formula is C12H20N2O2S2. The Morgan fingerprint density at radius 3 is 2.72 bits per heavy atom. The molecule has 0 amide bonds. The summed E-state index contributed by atoms with van der Waals surface area (Å²) in [5.74, 6) is 0.964. The molecule has 2 unspecified atom stereocenters. The Balaban J connectivity index is 1.89. The Morgan fingerprint density at radius 2 is 2.22 bits per heavy atom. The molecular weight excluding hydrogens is 268 g/mol. The average molecular weight is 288 g/mol. The molecule has 6 heteroatoms. The van der Waals surface area contributed by atoms with Crippen molar-refractivity contribution in [3.8, 4) is 0 Å². The van der Waals surface area contributed by atoms with Crippen LogP contribution in [0.5, 0.6) is 0 Å². The Kier molecular flexibility index (Phi) is 4.08. The molecule has 1 aliphatic rings. The summed E-state index contributed by atoms with van der Waals surface area (Å²) in [6.07, 6.45) is 0.794. The first kappa shape index (κ1) is 14.0. The molecule has 18 heavy (non-hydrogen) atoms. The molecule has 2 rings (SSSR count). The molecule has 0 bridgehead atoms. The fraction of sp³-hybridized carbons (Fsp3) is 0.750. The van der Waals surface area contributed by atoms with Gasteiger partial charge in [0.25, 0.3) is 0 Å². The van der Waals surface area contributed by atoms with E-state index in [1.54, 1.807) is 11.3 Å². The van der Waals surface area contributed by atoms with E-state index < -0.39 is 9.84 Å². The van der Waals surface area contributed by atoms with E-state index in [4.69, 9.17) is 0 Å². The molecule has 1 aromatic rings. The summed E-state index contributed by atoms with van der Waals surface area (Å²) < 4.78 is 22.8. The highest BCUT2D eigenvalue weighted by Gasteiger charge is 2.28. The van der Waals surface area contributed by atoms with Crippen molar-refractivity contribution in [3.63, 3.8) is 0 Å². The first-order chi connectivity index (χ1) is 8.37. The molecule has 1 aromatic heterocycles. The van der Waals surface area contributed by atoms with Crippen LogP contribution >= 0.6 is 11.3 Å². The molecule has 0 saturated carbocycles. The van der Waals surface area contributed by atoms with Crippen molar-refractivity contribution < 1.29 is 8.42 Å². The van der Waals surface area contributed by atoms with E-state index >= 15 is 0 Å². The molecule has 2 heterocycles. The van der Waals surface area contributed by atoms with Gasteiger partial charge in [-0.15, -0.1) is 11.3 Å². The third-order valence-corrected chi connectivity index (χ3v) is 6.46. The van der Waals surface area contributed by atoms with Gasteiger partial charge < -0.3 is 5.32 Å². The van der Waals surface area contributed by atoms with Gasteiger partial charge in [-0.3, -0.25) is 0 Å². The fourth-order valence-corrected chi connectivity index (χ4v) is 5.23. The molecule has 102 valence electrons. The van der Waals surface area contributed by atoms with Crippen molar-refractivity contribution in [3.05, 3.63) is 15.6 Å². The molecule has 1 aliphatic heterocycles. The maximum atomic E-state index is 11.4. The zero-order valence-corrected chi connectivity index (χ0v) is 12.7. The zero-order valence-electron chi connectivity index (χ0n) is 11.1. The number of nitrogens with one attached hydrogen (secondary N) is 1. The van der Waals surface area contributed by atoms with Gasteiger partial charge in [0.1, 0.15) is 0 Å². The number of nitrogens with zero attached hydrogens (tertiary/aromatic N) is 1. The van der Waals surface area contributed by atoms with Crippen LogP contribution in [0, 0.1) is 19.8 Å². The standard InChI is InChI=1S/C12H20N2O2S2/c1-8(12-9(2)14-10(3)17-12)13-6-11-4-5-18(15,16)7-11/h8,11,13H,4-7H2,1-3H3. The Labute approximate surface area is 113 Å². The zero-order chi connectivity index (χ0) is 13.3. The van der Waals surface area contributed by atoms with Gasteiger partial charge in [-0.2, -0.15) is 0 Å². The first-order valence-corrected chi connectivity index (χ1v) is 8.89. The number of thiazole rings is 1. The Bertz CT molecular complexity index is 522. The molecule has 1 fully saturated rings. The van der Waals surface area contributed by atoms with E-state index in [1.807, 2.05) is 13.8 Å². The molecule has 1 saturated heterocycles. The highest BCUT2D eigenvalue weighted by Crippen LogP contribution is 2.25. The molecule has 4 nitrogen and oxygen atoms in total. The normalized spacial score (nSPS) is 24.3. The highest BCUT2D eigenvalue weighted by atomic mass is 32.2. The summed E-state index contributed by atoms with van der Waals surface area (Å²) in [6, 6.07) is 0.250. The molecule has 0 spiro atoms. The summed E-state index contributed by atoms with van der Waals surface area (Å²) in [7, 11) is -2.76. The van der Waals surface area contributed by atoms with Crippen LogP contribution in [0.2, 0.25) is 0 Å². The molecule has 1 N–H and O–H groups in total. The van der Waals surface area contributed by atoms with Crippen LogP contribution in [-0.4, -0.2) is 31.5 Å². The van der Waals surface area contributed by atoms with Gasteiger partial charge in [0.2, 0.25) is 0 Å². The molecule has 0 radical (unpaired) electrons. The molecule has 2 atom stereocenters. The Morgan fingerprint density at radius 1 is 1.50 bits per heavy atom. The van der Waals surface area contributed by atoms with Gasteiger partial charge in [0, 0.05) is 10.9 Å². The van der Waals surface area contributed by atoms with E-state index in [9.17, 15) is 8.42 Å². The van der Waals surface area contributed by atoms with Crippen LogP contribution in [0.25, 0.3) is 0 Å². The lowest BCUT2D eigenvalue weighted by Crippen LogP contribution is -2.26. The summed E-state index contributed by atoms with van der Waals surface area (Å²) in [5, 5.41) is 4.52. The number of rotatable bonds is 4. The van der Waals surface area contributed by atoms with Crippen LogP contribution < -0.4 is 5.32 Å². The van der Waals surface area contributed by atoms with Gasteiger partial charge in [0.15, 0.2) is 9.84 Å². The largest absolute Gasteiger partial charge is 0.309 e. The topological polar surface area (TPSA) is 59.1 Å². The Hall–Kier alpha value is -0.460. The minimum Gasteiger partial charge on any atom is -0.309 e. The van der Waals surface area contributed by atoms with Crippen molar-refractivity contribution in [1.29, 1.82) is 0 Å². The van der Waals surface area contributed by atoms with E-state index in [0.29, 0.717) is 11.5 Å². The average Bonchev–Trinajstić information content (AvgIpc) is 2.78. The summed E-state index contributed by atoms with van der Waals surface area (Å²) >= 11 is 1.71. The fourth-order valence-electron chi connectivity index (χ4n) is 2.42. The number of hydrogen-bond donors (Lipinski definition) is 1. The lowest BCUT2D eigenvalue weighted by Gasteiger charge is -2.15. The monoisotopic (exact) mass is 288 g/mol. The van der Waals surface area contributed by atoms with Crippen LogP contribution in [0.3, 0.4) is 0 Å². The van der Waals surface area contributed by atoms with Gasteiger partial charge in [-0.05, 0) is 39.7 Å². The van der Waals surface area contributed by atoms with Crippen molar-refractivity contribution in [2.45, 2.75) is 33.2 Å². The second kappa shape index (κ2) is 5.27. The van der Waals surface area contributed by atoms with E-state index in [1.165, 1.54) is 4.88 Å². The van der Waals surface area contributed by atoms with E-state index in [0.717, 1.165) is 23.7 Å². The van der Waals surface area contributed by atoms with Crippen LogP contribution in [0.15, 0.2) is 0 Å². The van der Waals surface area contributed by atoms with Gasteiger partial charge in [-0.1, -0.05) is 0 Å². The maximum absolute atomic E-state index is 11.4. The number of sulfone groups is 1. The van der Waals surface area contributed by atoms with Gasteiger partial charge >= 0.3 is 0 Å². The molecule has 0 aromatic carbocycles. The van der Waals surface area contributed by atoms with Crippen molar-refractivity contribution >= 4 is 21.2 Å². The number of hydrogen-bond acceptors (Lipinski definition) is 5. The smallest absolute Gasteiger partial charge is 0.150 e. The second-order valence-electron chi connectivity index (χ2n) is 5.08. The number of aryl methyl sites for hydroxylation is 2. The maximum Gasteiger partial charge on any atom is 0.150 e. The molecule has 0 aliphatic carbocycles. The van der Waals surface area contributed by atoms with Gasteiger partial charge in [0.05, 0.1) is 22.2 Å². The van der Waals surface area contributed by atoms with Crippen LogP contribution in [0.1, 0.15) is 35.0 Å². The lowest BCUT2D eigenvalue weighted by atomic mass is 10.1.